The Hall–Kier alpha value is -2.31. The summed E-state index contributed by atoms with van der Waals surface area (Å²) >= 11 is 0. The van der Waals surface area contributed by atoms with Crippen LogP contribution in [-0.2, 0) is 14.9 Å². The molecule has 2 aromatic rings. The van der Waals surface area contributed by atoms with Gasteiger partial charge in [0.1, 0.15) is 10.7 Å². The summed E-state index contributed by atoms with van der Waals surface area (Å²) in [6.07, 6.45) is 6.40. The predicted octanol–water partition coefficient (Wildman–Crippen LogP) is 5.49. The lowest BCUT2D eigenvalue weighted by Gasteiger charge is -2.13. The van der Waals surface area contributed by atoms with Crippen LogP contribution >= 0.6 is 0 Å². The summed E-state index contributed by atoms with van der Waals surface area (Å²) in [7, 11) is -4.53. The summed E-state index contributed by atoms with van der Waals surface area (Å²) < 4.78 is 33.3. The van der Waals surface area contributed by atoms with E-state index in [-0.39, 0.29) is 28.2 Å². The van der Waals surface area contributed by atoms with Crippen molar-refractivity contribution in [1.82, 2.24) is 0 Å². The van der Waals surface area contributed by atoms with Crippen molar-refractivity contribution in [2.24, 2.45) is 0 Å². The standard InChI is InChI=1S/C23H28O5S/c1-2-3-4-5-6-10-14-19(24)17-21(25)20-15-11-16-22(29(26,27)28)23(20)18-12-8-7-9-13-18/h7-9,11-13,15-16H,2-6,10,14,17H2,1H3,(H,26,27,28). The maximum Gasteiger partial charge on any atom is 0.295 e. The minimum Gasteiger partial charge on any atom is -0.299 e. The topological polar surface area (TPSA) is 88.5 Å². The molecule has 0 unspecified atom stereocenters. The van der Waals surface area contributed by atoms with E-state index in [2.05, 4.69) is 6.92 Å². The van der Waals surface area contributed by atoms with Gasteiger partial charge in [-0.15, -0.1) is 0 Å². The van der Waals surface area contributed by atoms with E-state index in [1.165, 1.54) is 31.0 Å². The van der Waals surface area contributed by atoms with Crippen LogP contribution in [0, 0.1) is 0 Å². The van der Waals surface area contributed by atoms with Gasteiger partial charge in [-0.3, -0.25) is 14.1 Å². The molecule has 156 valence electrons. The number of hydrogen-bond acceptors (Lipinski definition) is 4. The van der Waals surface area contributed by atoms with Gasteiger partial charge in [0.2, 0.25) is 0 Å². The fourth-order valence-electron chi connectivity index (χ4n) is 3.35. The lowest BCUT2D eigenvalue weighted by atomic mass is 9.94. The second kappa shape index (κ2) is 11.0. The molecular formula is C23H28O5S. The monoisotopic (exact) mass is 416 g/mol. The van der Waals surface area contributed by atoms with Crippen LogP contribution in [0.4, 0.5) is 0 Å². The molecule has 0 aliphatic carbocycles. The number of carbonyl (C=O) groups is 2. The van der Waals surface area contributed by atoms with E-state index >= 15 is 0 Å². The lowest BCUT2D eigenvalue weighted by Crippen LogP contribution is -2.12. The zero-order chi connectivity index (χ0) is 21.3. The predicted molar refractivity (Wildman–Crippen MR) is 114 cm³/mol. The fourth-order valence-corrected chi connectivity index (χ4v) is 4.08. The molecule has 2 aromatic carbocycles. The molecule has 0 atom stereocenters. The Bertz CT molecular complexity index is 933. The van der Waals surface area contributed by atoms with Gasteiger partial charge < -0.3 is 0 Å². The smallest absolute Gasteiger partial charge is 0.295 e. The van der Waals surface area contributed by atoms with E-state index in [1.807, 2.05) is 0 Å². The molecule has 0 heterocycles. The first-order chi connectivity index (χ1) is 13.8. The van der Waals surface area contributed by atoms with E-state index in [4.69, 9.17) is 0 Å². The molecule has 0 aliphatic rings. The first kappa shape index (κ1) is 23.0. The van der Waals surface area contributed by atoms with Gasteiger partial charge in [-0.2, -0.15) is 8.42 Å². The van der Waals surface area contributed by atoms with E-state index in [1.54, 1.807) is 30.3 Å². The van der Waals surface area contributed by atoms with Gasteiger partial charge in [0.05, 0.1) is 6.42 Å². The van der Waals surface area contributed by atoms with Crippen molar-refractivity contribution in [2.45, 2.75) is 63.2 Å². The first-order valence-corrected chi connectivity index (χ1v) is 11.5. The van der Waals surface area contributed by atoms with Gasteiger partial charge >= 0.3 is 0 Å². The van der Waals surface area contributed by atoms with Crippen LogP contribution in [0.15, 0.2) is 53.4 Å². The molecule has 0 fully saturated rings. The van der Waals surface area contributed by atoms with Gasteiger partial charge in [0.25, 0.3) is 10.1 Å². The Labute approximate surface area is 172 Å². The summed E-state index contributed by atoms with van der Waals surface area (Å²) in [5.41, 5.74) is 0.753. The number of hydrogen-bond donors (Lipinski definition) is 1. The van der Waals surface area contributed by atoms with Crippen molar-refractivity contribution < 1.29 is 22.6 Å². The Morgan fingerprint density at radius 2 is 1.52 bits per heavy atom. The van der Waals surface area contributed by atoms with Crippen LogP contribution in [0.25, 0.3) is 11.1 Å². The van der Waals surface area contributed by atoms with Crippen LogP contribution in [0.5, 0.6) is 0 Å². The minimum atomic E-state index is -4.53. The number of rotatable bonds is 12. The summed E-state index contributed by atoms with van der Waals surface area (Å²) in [4.78, 5) is 24.7. The van der Waals surface area contributed by atoms with Gasteiger partial charge in [-0.05, 0) is 18.1 Å². The Morgan fingerprint density at radius 3 is 2.17 bits per heavy atom. The SMILES string of the molecule is CCCCCCCCC(=O)CC(=O)c1cccc(S(=O)(=O)O)c1-c1ccccc1. The van der Waals surface area contributed by atoms with E-state index in [0.717, 1.165) is 25.7 Å². The molecule has 2 rings (SSSR count). The second-order valence-electron chi connectivity index (χ2n) is 7.18. The highest BCUT2D eigenvalue weighted by Gasteiger charge is 2.23. The molecule has 0 saturated carbocycles. The average Bonchev–Trinajstić information content (AvgIpc) is 2.70. The highest BCUT2D eigenvalue weighted by Crippen LogP contribution is 2.31. The maximum atomic E-state index is 12.8. The van der Waals surface area contributed by atoms with Crippen molar-refractivity contribution >= 4 is 21.7 Å². The maximum absolute atomic E-state index is 12.8. The molecule has 6 heteroatoms. The quantitative estimate of drug-likeness (QED) is 0.214. The molecule has 29 heavy (non-hydrogen) atoms. The molecule has 0 spiro atoms. The number of carbonyl (C=O) groups excluding carboxylic acids is 2. The molecule has 0 aliphatic heterocycles. The zero-order valence-electron chi connectivity index (χ0n) is 16.8. The molecule has 1 N–H and O–H groups in total. The Balaban J connectivity index is 2.17. The summed E-state index contributed by atoms with van der Waals surface area (Å²) in [6.45, 7) is 2.15. The van der Waals surface area contributed by atoms with E-state index in [9.17, 15) is 22.6 Å². The first-order valence-electron chi connectivity index (χ1n) is 10.1. The highest BCUT2D eigenvalue weighted by atomic mass is 32.2. The van der Waals surface area contributed by atoms with Crippen molar-refractivity contribution in [3.8, 4) is 11.1 Å². The number of ketones is 2. The van der Waals surface area contributed by atoms with Crippen LogP contribution in [-0.4, -0.2) is 24.5 Å². The summed E-state index contributed by atoms with van der Waals surface area (Å²) in [5, 5.41) is 0. The number of Topliss-reactive ketones (excluding diaryl/α,β-unsaturated/α-hetero) is 2. The highest BCUT2D eigenvalue weighted by molar-refractivity contribution is 7.86. The molecule has 0 saturated heterocycles. The van der Waals surface area contributed by atoms with E-state index in [0.29, 0.717) is 12.0 Å². The van der Waals surface area contributed by atoms with Crippen molar-refractivity contribution in [2.75, 3.05) is 0 Å². The number of unbranched alkanes of at least 4 members (excludes halogenated alkanes) is 5. The molecular weight excluding hydrogens is 388 g/mol. The van der Waals surface area contributed by atoms with Gasteiger partial charge in [0.15, 0.2) is 5.78 Å². The third-order valence-corrected chi connectivity index (χ3v) is 5.73. The van der Waals surface area contributed by atoms with Crippen molar-refractivity contribution in [3.63, 3.8) is 0 Å². The Morgan fingerprint density at radius 1 is 0.862 bits per heavy atom. The summed E-state index contributed by atoms with van der Waals surface area (Å²) in [5.74, 6) is -0.591. The normalized spacial score (nSPS) is 11.4. The third-order valence-electron chi connectivity index (χ3n) is 4.83. The second-order valence-corrected chi connectivity index (χ2v) is 8.57. The third kappa shape index (κ3) is 6.91. The van der Waals surface area contributed by atoms with Gasteiger partial charge in [0, 0.05) is 17.5 Å². The van der Waals surface area contributed by atoms with Crippen molar-refractivity contribution in [3.05, 3.63) is 54.1 Å². The largest absolute Gasteiger partial charge is 0.299 e. The zero-order valence-corrected chi connectivity index (χ0v) is 17.6. The van der Waals surface area contributed by atoms with E-state index < -0.39 is 15.9 Å². The molecule has 0 aromatic heterocycles. The van der Waals surface area contributed by atoms with Crippen LogP contribution in [0.3, 0.4) is 0 Å². The van der Waals surface area contributed by atoms with Crippen molar-refractivity contribution in [1.29, 1.82) is 0 Å². The van der Waals surface area contributed by atoms with Crippen LogP contribution in [0.2, 0.25) is 0 Å². The van der Waals surface area contributed by atoms with Crippen LogP contribution < -0.4 is 0 Å². The fraction of sp³-hybridized carbons (Fsp3) is 0.391. The molecule has 0 amide bonds. The molecule has 0 radical (unpaired) electrons. The lowest BCUT2D eigenvalue weighted by molar-refractivity contribution is -0.118. The molecule has 5 nitrogen and oxygen atoms in total. The van der Waals surface area contributed by atoms with Gasteiger partial charge in [-0.25, -0.2) is 0 Å². The van der Waals surface area contributed by atoms with Crippen LogP contribution in [0.1, 0.15) is 68.6 Å². The average molecular weight is 417 g/mol. The van der Waals surface area contributed by atoms with Gasteiger partial charge in [-0.1, -0.05) is 81.5 Å². The summed E-state index contributed by atoms with van der Waals surface area (Å²) in [6, 6.07) is 12.7. The molecule has 0 bridgehead atoms. The minimum absolute atomic E-state index is 0.127. The number of benzene rings is 2. The Kier molecular flexibility index (Phi) is 8.73.